The van der Waals surface area contributed by atoms with Crippen LogP contribution in [0.5, 0.6) is 0 Å². The van der Waals surface area contributed by atoms with E-state index in [1.54, 1.807) is 38.6 Å². The second-order valence-electron chi connectivity index (χ2n) is 4.27. The highest BCUT2D eigenvalue weighted by Gasteiger charge is 2.23. The minimum absolute atomic E-state index is 0.123. The first kappa shape index (κ1) is 16.7. The number of nitrogens with two attached hydrogens (primary N) is 1. The summed E-state index contributed by atoms with van der Waals surface area (Å²) in [4.78, 5) is 23.7. The van der Waals surface area contributed by atoms with E-state index < -0.39 is 12.1 Å². The smallest absolute Gasteiger partial charge is 0.344 e. The Morgan fingerprint density at radius 1 is 1.48 bits per heavy atom. The predicted octanol–water partition coefficient (Wildman–Crippen LogP) is 0.760. The van der Waals surface area contributed by atoms with Gasteiger partial charge in [0.2, 0.25) is 0 Å². The summed E-state index contributed by atoms with van der Waals surface area (Å²) in [5, 5.41) is 2.72. The molecule has 1 radical (unpaired) electrons. The van der Waals surface area contributed by atoms with Crippen LogP contribution in [0.3, 0.4) is 0 Å². The number of ether oxygens (including phenoxy) is 1. The summed E-state index contributed by atoms with van der Waals surface area (Å²) in [6, 6.07) is 7.32. The molecule has 0 saturated carbocycles. The van der Waals surface area contributed by atoms with Gasteiger partial charge in [0.15, 0.2) is 6.17 Å². The van der Waals surface area contributed by atoms with Crippen LogP contribution in [0.4, 0.5) is 5.69 Å². The molecule has 1 rings (SSSR count). The second-order valence-corrected chi connectivity index (χ2v) is 4.27. The molecular formula is C15H20N3O3. The van der Waals surface area contributed by atoms with Gasteiger partial charge in [0, 0.05) is 12.2 Å². The average molecular weight is 290 g/mol. The van der Waals surface area contributed by atoms with E-state index in [0.29, 0.717) is 12.2 Å². The normalized spacial score (nSPS) is 12.1. The lowest BCUT2D eigenvalue weighted by Gasteiger charge is -2.23. The topological polar surface area (TPSA) is 84.7 Å². The Morgan fingerprint density at radius 2 is 2.14 bits per heavy atom. The maximum Gasteiger partial charge on any atom is 0.344 e. The number of nitrogens with zero attached hydrogens (tertiary/aromatic N) is 1. The Labute approximate surface area is 124 Å². The highest BCUT2D eigenvalue weighted by molar-refractivity contribution is 5.78. The molecule has 0 fully saturated rings. The van der Waals surface area contributed by atoms with Gasteiger partial charge in [0.1, 0.15) is 6.61 Å². The fourth-order valence-electron chi connectivity index (χ4n) is 1.70. The van der Waals surface area contributed by atoms with Crippen molar-refractivity contribution in [2.75, 3.05) is 25.9 Å². The Bertz CT molecular complexity index is 485. The van der Waals surface area contributed by atoms with Crippen molar-refractivity contribution in [3.05, 3.63) is 35.9 Å². The summed E-state index contributed by atoms with van der Waals surface area (Å²) in [7, 11) is 1.58. The molecule has 1 atom stereocenters. The molecule has 0 spiro atoms. The highest BCUT2D eigenvalue weighted by atomic mass is 16.5. The number of benzene rings is 1. The van der Waals surface area contributed by atoms with Crippen molar-refractivity contribution < 1.29 is 14.3 Å². The monoisotopic (exact) mass is 290 g/mol. The molecule has 1 aromatic carbocycles. The second kappa shape index (κ2) is 8.76. The Hall–Kier alpha value is -2.34. The fourth-order valence-corrected chi connectivity index (χ4v) is 1.70. The molecular weight excluding hydrogens is 270 g/mol. The average Bonchev–Trinajstić information content (AvgIpc) is 2.50. The summed E-state index contributed by atoms with van der Waals surface area (Å²) in [6.07, 6.45) is 4.42. The van der Waals surface area contributed by atoms with Gasteiger partial charge in [-0.05, 0) is 37.7 Å². The number of carbonyl (C=O) groups excluding carboxylic acids is 2. The van der Waals surface area contributed by atoms with Crippen LogP contribution in [0.25, 0.3) is 6.08 Å². The number of hydrogen-bond donors (Lipinski definition) is 2. The van der Waals surface area contributed by atoms with E-state index in [0.717, 1.165) is 5.56 Å². The van der Waals surface area contributed by atoms with E-state index in [-0.39, 0.29) is 6.61 Å². The fraction of sp³-hybridized carbons (Fsp3) is 0.333. The highest BCUT2D eigenvalue weighted by Crippen LogP contribution is 2.07. The van der Waals surface area contributed by atoms with Crippen LogP contribution < -0.4 is 11.1 Å². The minimum atomic E-state index is -0.822. The van der Waals surface area contributed by atoms with Gasteiger partial charge < -0.3 is 15.4 Å². The third-order valence-corrected chi connectivity index (χ3v) is 2.83. The van der Waals surface area contributed by atoms with Gasteiger partial charge in [0.25, 0.3) is 0 Å². The Morgan fingerprint density at radius 3 is 2.67 bits per heavy atom. The molecule has 113 valence electrons. The number of rotatable bonds is 8. The largest absolute Gasteiger partial charge is 0.459 e. The summed E-state index contributed by atoms with van der Waals surface area (Å²) in [6.45, 7) is 2.24. The summed E-state index contributed by atoms with van der Waals surface area (Å²) >= 11 is 0. The van der Waals surface area contributed by atoms with Gasteiger partial charge in [-0.15, -0.1) is 0 Å². The SMILES string of the molecule is CCN([C]=O)C(NC)C(=O)OCC=Cc1ccc(N)cc1. The number of nitrogen functional groups attached to an aromatic ring is 1. The van der Waals surface area contributed by atoms with Crippen molar-refractivity contribution in [3.63, 3.8) is 0 Å². The van der Waals surface area contributed by atoms with E-state index >= 15 is 0 Å². The third kappa shape index (κ3) is 5.27. The van der Waals surface area contributed by atoms with Gasteiger partial charge in [-0.2, -0.15) is 0 Å². The van der Waals surface area contributed by atoms with Gasteiger partial charge in [-0.3, -0.25) is 10.1 Å². The molecule has 1 unspecified atom stereocenters. The predicted molar refractivity (Wildman–Crippen MR) is 81.8 cm³/mol. The van der Waals surface area contributed by atoms with Gasteiger partial charge in [-0.1, -0.05) is 18.2 Å². The number of amides is 1. The van der Waals surface area contributed by atoms with Crippen LogP contribution in [0.15, 0.2) is 30.3 Å². The van der Waals surface area contributed by atoms with Crippen molar-refractivity contribution in [3.8, 4) is 0 Å². The lowest BCUT2D eigenvalue weighted by atomic mass is 10.2. The summed E-state index contributed by atoms with van der Waals surface area (Å²) in [5.41, 5.74) is 7.24. The molecule has 0 aliphatic rings. The molecule has 0 bridgehead atoms. The molecule has 0 aromatic heterocycles. The quantitative estimate of drug-likeness (QED) is 0.319. The molecule has 0 aliphatic carbocycles. The van der Waals surface area contributed by atoms with Gasteiger partial charge >= 0.3 is 12.4 Å². The number of carbonyl (C=O) groups is 1. The molecule has 3 N–H and O–H groups in total. The first-order valence-corrected chi connectivity index (χ1v) is 6.62. The van der Waals surface area contributed by atoms with Crippen LogP contribution >= 0.6 is 0 Å². The van der Waals surface area contributed by atoms with E-state index in [9.17, 15) is 9.59 Å². The van der Waals surface area contributed by atoms with Crippen molar-refractivity contribution in [1.82, 2.24) is 10.2 Å². The van der Waals surface area contributed by atoms with Crippen molar-refractivity contribution in [1.29, 1.82) is 0 Å². The first-order valence-electron chi connectivity index (χ1n) is 6.62. The summed E-state index contributed by atoms with van der Waals surface area (Å²) < 4.78 is 5.09. The third-order valence-electron chi connectivity index (χ3n) is 2.83. The maximum absolute atomic E-state index is 11.8. The molecule has 0 heterocycles. The van der Waals surface area contributed by atoms with Gasteiger partial charge in [0.05, 0.1) is 0 Å². The van der Waals surface area contributed by atoms with E-state index in [1.165, 1.54) is 4.90 Å². The van der Waals surface area contributed by atoms with Crippen LogP contribution in [0, 0.1) is 0 Å². The lowest BCUT2D eigenvalue weighted by molar-refractivity contribution is -0.148. The molecule has 0 saturated heterocycles. The summed E-state index contributed by atoms with van der Waals surface area (Å²) in [5.74, 6) is -0.523. The molecule has 1 amide bonds. The van der Waals surface area contributed by atoms with Crippen LogP contribution in [-0.4, -0.2) is 43.6 Å². The minimum Gasteiger partial charge on any atom is -0.459 e. The maximum atomic E-state index is 11.8. The molecule has 0 aliphatic heterocycles. The number of likely N-dealkylation sites (N-methyl/N-ethyl adjacent to an activating group) is 2. The van der Waals surface area contributed by atoms with E-state index in [2.05, 4.69) is 5.32 Å². The van der Waals surface area contributed by atoms with Crippen LogP contribution in [-0.2, 0) is 14.3 Å². The lowest BCUT2D eigenvalue weighted by Crippen LogP contribution is -2.49. The van der Waals surface area contributed by atoms with Crippen molar-refractivity contribution in [2.24, 2.45) is 0 Å². The number of hydrogen-bond acceptors (Lipinski definition) is 5. The van der Waals surface area contributed by atoms with E-state index in [4.69, 9.17) is 10.5 Å². The van der Waals surface area contributed by atoms with Crippen molar-refractivity contribution >= 4 is 24.1 Å². The molecule has 6 nitrogen and oxygen atoms in total. The number of nitrogens with one attached hydrogen (secondary N) is 1. The zero-order valence-corrected chi connectivity index (χ0v) is 12.2. The molecule has 21 heavy (non-hydrogen) atoms. The number of esters is 1. The van der Waals surface area contributed by atoms with Crippen molar-refractivity contribution in [2.45, 2.75) is 13.1 Å². The zero-order valence-electron chi connectivity index (χ0n) is 12.2. The molecule has 6 heteroatoms. The standard InChI is InChI=1S/C15H20N3O3/c1-3-18(11-19)14(17-2)15(20)21-10-4-5-12-6-8-13(16)9-7-12/h4-9,14,17H,3,10,16H2,1-2H3. The van der Waals surface area contributed by atoms with Crippen LogP contribution in [0.1, 0.15) is 12.5 Å². The number of anilines is 1. The Kier molecular flexibility index (Phi) is 6.97. The zero-order chi connectivity index (χ0) is 15.7. The van der Waals surface area contributed by atoms with E-state index in [1.807, 2.05) is 18.2 Å². The van der Waals surface area contributed by atoms with Crippen LogP contribution in [0.2, 0.25) is 0 Å². The van der Waals surface area contributed by atoms with Gasteiger partial charge in [-0.25, -0.2) is 4.79 Å². The first-order chi connectivity index (χ1) is 10.1. The Balaban J connectivity index is 2.48. The molecule has 1 aromatic rings.